The third-order valence-corrected chi connectivity index (χ3v) is 4.01. The van der Waals surface area contributed by atoms with Crippen LogP contribution in [0.5, 0.6) is 0 Å². The summed E-state index contributed by atoms with van der Waals surface area (Å²) in [6, 6.07) is 0. The highest BCUT2D eigenvalue weighted by Gasteiger charge is 2.25. The van der Waals surface area contributed by atoms with E-state index < -0.39 is 18.6 Å². The molecule has 0 unspecified atom stereocenters. The van der Waals surface area contributed by atoms with E-state index >= 15 is 0 Å². The standard InChI is InChI=1S/C3H10O3Si2/c1-3-8(4,5)6-7-2/h3-5H,1,7H2,2H3. The third kappa shape index (κ3) is 3.11. The fourth-order valence-corrected chi connectivity index (χ4v) is 2.44. The highest BCUT2D eigenvalue weighted by atomic mass is 28.4. The van der Waals surface area contributed by atoms with E-state index in [1.807, 2.05) is 6.55 Å². The summed E-state index contributed by atoms with van der Waals surface area (Å²) in [5.74, 6) is 0. The van der Waals surface area contributed by atoms with Gasteiger partial charge in [0.1, 0.15) is 9.76 Å². The van der Waals surface area contributed by atoms with Crippen LogP contribution in [0.2, 0.25) is 6.55 Å². The molecule has 0 aromatic rings. The summed E-state index contributed by atoms with van der Waals surface area (Å²) in [5, 5.41) is 0. The summed E-state index contributed by atoms with van der Waals surface area (Å²) in [7, 11) is -4.06. The second kappa shape index (κ2) is 3.15. The predicted molar refractivity (Wildman–Crippen MR) is 35.9 cm³/mol. The quantitative estimate of drug-likeness (QED) is 0.496. The SMILES string of the molecule is C=C[Si](O)(O)O[SiH2]C. The molecule has 8 heavy (non-hydrogen) atoms. The maximum Gasteiger partial charge on any atom is 0.512 e. The summed E-state index contributed by atoms with van der Waals surface area (Å²) in [6.07, 6.45) is 0. The predicted octanol–water partition coefficient (Wildman–Crippen LogP) is -1.22. The molecule has 0 heterocycles. The van der Waals surface area contributed by atoms with Gasteiger partial charge in [0, 0.05) is 0 Å². The maximum absolute atomic E-state index is 8.71. The summed E-state index contributed by atoms with van der Waals surface area (Å²) in [5.41, 5.74) is 1.09. The van der Waals surface area contributed by atoms with E-state index in [4.69, 9.17) is 9.59 Å². The van der Waals surface area contributed by atoms with Gasteiger partial charge >= 0.3 is 8.80 Å². The van der Waals surface area contributed by atoms with E-state index in [0.717, 1.165) is 5.70 Å². The Hall–Kier alpha value is 0.0538. The summed E-state index contributed by atoms with van der Waals surface area (Å²) >= 11 is 0. The Balaban J connectivity index is 3.53. The van der Waals surface area contributed by atoms with Crippen LogP contribution in [0, 0.1) is 0 Å². The molecule has 5 heteroatoms. The van der Waals surface area contributed by atoms with Gasteiger partial charge in [0.05, 0.1) is 0 Å². The van der Waals surface area contributed by atoms with Gasteiger partial charge in [0.2, 0.25) is 0 Å². The highest BCUT2D eigenvalue weighted by molar-refractivity contribution is 6.68. The van der Waals surface area contributed by atoms with Gasteiger partial charge in [-0.05, 0) is 5.70 Å². The van der Waals surface area contributed by atoms with Gasteiger partial charge in [0.15, 0.2) is 0 Å². The average molecular weight is 150 g/mol. The van der Waals surface area contributed by atoms with Gasteiger partial charge in [-0.2, -0.15) is 0 Å². The summed E-state index contributed by atoms with van der Waals surface area (Å²) in [6.45, 7) is 5.04. The summed E-state index contributed by atoms with van der Waals surface area (Å²) in [4.78, 5) is 17.4. The molecule has 0 spiro atoms. The Morgan fingerprint density at radius 2 is 2.25 bits per heavy atom. The van der Waals surface area contributed by atoms with E-state index in [-0.39, 0.29) is 0 Å². The van der Waals surface area contributed by atoms with Crippen LogP contribution in [-0.4, -0.2) is 28.2 Å². The van der Waals surface area contributed by atoms with Crippen molar-refractivity contribution >= 4 is 18.6 Å². The molecule has 0 saturated heterocycles. The van der Waals surface area contributed by atoms with Gasteiger partial charge in [-0.3, -0.25) is 0 Å². The Bertz CT molecular complexity index is 82.6. The molecule has 0 radical (unpaired) electrons. The van der Waals surface area contributed by atoms with Crippen LogP contribution in [0.1, 0.15) is 0 Å². The fraction of sp³-hybridized carbons (Fsp3) is 0.333. The van der Waals surface area contributed by atoms with Crippen molar-refractivity contribution < 1.29 is 13.7 Å². The molecule has 0 aliphatic heterocycles. The zero-order valence-electron chi connectivity index (χ0n) is 4.79. The number of rotatable bonds is 3. The Labute approximate surface area is 51.9 Å². The van der Waals surface area contributed by atoms with Crippen LogP contribution < -0.4 is 0 Å². The van der Waals surface area contributed by atoms with Crippen LogP contribution in [0.4, 0.5) is 0 Å². The molecule has 2 N–H and O–H groups in total. The lowest BCUT2D eigenvalue weighted by atomic mass is 11.3. The zero-order chi connectivity index (χ0) is 6.62. The van der Waals surface area contributed by atoms with Gasteiger partial charge in [-0.15, -0.1) is 0 Å². The van der Waals surface area contributed by atoms with Crippen molar-refractivity contribution in [2.24, 2.45) is 0 Å². The second-order valence-corrected chi connectivity index (χ2v) is 4.75. The van der Waals surface area contributed by atoms with Crippen LogP contribution in [0.15, 0.2) is 12.3 Å². The van der Waals surface area contributed by atoms with Crippen molar-refractivity contribution in [1.82, 2.24) is 0 Å². The molecule has 0 rings (SSSR count). The van der Waals surface area contributed by atoms with Crippen molar-refractivity contribution in [2.75, 3.05) is 0 Å². The van der Waals surface area contributed by atoms with Crippen molar-refractivity contribution in [2.45, 2.75) is 6.55 Å². The minimum absolute atomic E-state index is 0.711. The number of hydrogen-bond donors (Lipinski definition) is 2. The molecule has 0 aromatic carbocycles. The molecular formula is C3H10O3Si2. The summed E-state index contributed by atoms with van der Waals surface area (Å²) < 4.78 is 4.65. The van der Waals surface area contributed by atoms with Crippen LogP contribution in [0.3, 0.4) is 0 Å². The monoisotopic (exact) mass is 150 g/mol. The molecule has 0 fully saturated rings. The smallest absolute Gasteiger partial charge is 0.419 e. The normalized spacial score (nSPS) is 12.9. The molecule has 0 aliphatic carbocycles. The van der Waals surface area contributed by atoms with E-state index in [2.05, 4.69) is 10.7 Å². The first-order chi connectivity index (χ1) is 3.62. The lowest BCUT2D eigenvalue weighted by molar-refractivity contribution is 0.265. The van der Waals surface area contributed by atoms with E-state index in [1.165, 1.54) is 0 Å². The van der Waals surface area contributed by atoms with Crippen molar-refractivity contribution in [1.29, 1.82) is 0 Å². The molecule has 0 atom stereocenters. The Kier molecular flexibility index (Phi) is 3.17. The highest BCUT2D eigenvalue weighted by Crippen LogP contribution is 1.92. The second-order valence-electron chi connectivity index (χ2n) is 1.30. The van der Waals surface area contributed by atoms with Gasteiger partial charge in [-0.25, -0.2) is 0 Å². The molecule has 3 nitrogen and oxygen atoms in total. The third-order valence-electron chi connectivity index (χ3n) is 0.623. The molecule has 0 saturated carbocycles. The van der Waals surface area contributed by atoms with Gasteiger partial charge in [0.25, 0.3) is 0 Å². The molecular weight excluding hydrogens is 140 g/mol. The molecule has 0 bridgehead atoms. The van der Waals surface area contributed by atoms with Crippen LogP contribution >= 0.6 is 0 Å². The van der Waals surface area contributed by atoms with Gasteiger partial charge < -0.3 is 13.7 Å². The van der Waals surface area contributed by atoms with Crippen molar-refractivity contribution in [3.8, 4) is 0 Å². The van der Waals surface area contributed by atoms with E-state index in [0.29, 0.717) is 0 Å². The molecule has 48 valence electrons. The van der Waals surface area contributed by atoms with E-state index in [9.17, 15) is 0 Å². The van der Waals surface area contributed by atoms with Crippen LogP contribution in [-0.2, 0) is 4.12 Å². The largest absolute Gasteiger partial charge is 0.512 e. The number of hydrogen-bond acceptors (Lipinski definition) is 3. The van der Waals surface area contributed by atoms with Gasteiger partial charge in [-0.1, -0.05) is 13.1 Å². The lowest BCUT2D eigenvalue weighted by Gasteiger charge is -2.10. The molecule has 0 amide bonds. The molecule has 0 aliphatic rings. The Morgan fingerprint density at radius 1 is 1.75 bits per heavy atom. The topological polar surface area (TPSA) is 49.7 Å². The first-order valence-corrected chi connectivity index (χ1v) is 6.22. The minimum atomic E-state index is -3.35. The Morgan fingerprint density at radius 3 is 2.38 bits per heavy atom. The first-order valence-electron chi connectivity index (χ1n) is 2.34. The minimum Gasteiger partial charge on any atom is -0.419 e. The van der Waals surface area contributed by atoms with E-state index in [1.54, 1.807) is 0 Å². The maximum atomic E-state index is 8.71. The van der Waals surface area contributed by atoms with Crippen LogP contribution in [0.25, 0.3) is 0 Å². The van der Waals surface area contributed by atoms with Crippen molar-refractivity contribution in [3.63, 3.8) is 0 Å². The first kappa shape index (κ1) is 8.05. The average Bonchev–Trinajstić information content (AvgIpc) is 1.67. The van der Waals surface area contributed by atoms with Crippen molar-refractivity contribution in [3.05, 3.63) is 12.3 Å². The lowest BCUT2D eigenvalue weighted by Crippen LogP contribution is -2.37. The zero-order valence-corrected chi connectivity index (χ0v) is 7.21. The molecule has 0 aromatic heterocycles. The fourth-order valence-electron chi connectivity index (χ4n) is 0.271.